The predicted molar refractivity (Wildman–Crippen MR) is 51.0 cm³/mol. The monoisotopic (exact) mass is 193 g/mol. The highest BCUT2D eigenvalue weighted by molar-refractivity contribution is 5.82. The van der Waals surface area contributed by atoms with Gasteiger partial charge in [-0.2, -0.15) is 5.26 Å². The van der Waals surface area contributed by atoms with Crippen LogP contribution in [-0.2, 0) is 4.79 Å². The maximum absolute atomic E-state index is 11.7. The van der Waals surface area contributed by atoms with Crippen LogP contribution in [0.5, 0.6) is 0 Å². The number of hydrogen-bond acceptors (Lipinski definition) is 3. The Morgan fingerprint density at radius 1 is 1.79 bits per heavy atom. The Morgan fingerprint density at radius 2 is 2.43 bits per heavy atom. The number of nitrogens with zero attached hydrogens (tertiary/aromatic N) is 2. The first-order valence-electron chi connectivity index (χ1n) is 4.96. The van der Waals surface area contributed by atoms with Crippen LogP contribution in [0.25, 0.3) is 0 Å². The standard InChI is InChI=1S/C10H15N3O/c1-6(12)9(14)13-5-7-3-10(7,2)8(13)4-11/h6-8H,3,5,12H2,1-2H3/t6-,7?,8?,10+/m0/s1. The molecule has 1 aliphatic carbocycles. The molecule has 1 saturated heterocycles. The molecule has 4 nitrogen and oxygen atoms in total. The average molecular weight is 193 g/mol. The molecule has 0 aromatic rings. The topological polar surface area (TPSA) is 70.1 Å². The van der Waals surface area contributed by atoms with E-state index in [1.807, 2.05) is 0 Å². The fourth-order valence-electron chi connectivity index (χ4n) is 2.47. The Balaban J connectivity index is 2.17. The summed E-state index contributed by atoms with van der Waals surface area (Å²) in [5.74, 6) is 0.430. The molecule has 0 bridgehead atoms. The van der Waals surface area contributed by atoms with Gasteiger partial charge in [0.05, 0.1) is 12.1 Å². The molecule has 1 saturated carbocycles. The van der Waals surface area contributed by atoms with Crippen LogP contribution in [0.2, 0.25) is 0 Å². The molecule has 2 aliphatic rings. The number of carbonyl (C=O) groups excluding carboxylic acids is 1. The molecule has 2 N–H and O–H groups in total. The molecule has 2 unspecified atom stereocenters. The van der Waals surface area contributed by atoms with Gasteiger partial charge in [-0.1, -0.05) is 6.92 Å². The van der Waals surface area contributed by atoms with Gasteiger partial charge < -0.3 is 10.6 Å². The van der Waals surface area contributed by atoms with Crippen LogP contribution >= 0.6 is 0 Å². The molecule has 4 heteroatoms. The molecule has 76 valence electrons. The van der Waals surface area contributed by atoms with Crippen LogP contribution < -0.4 is 5.73 Å². The van der Waals surface area contributed by atoms with Crippen molar-refractivity contribution in [1.82, 2.24) is 4.90 Å². The van der Waals surface area contributed by atoms with Gasteiger partial charge >= 0.3 is 0 Å². The molecule has 2 fully saturated rings. The second kappa shape index (κ2) is 2.71. The minimum Gasteiger partial charge on any atom is -0.324 e. The number of hydrogen-bond donors (Lipinski definition) is 1. The Labute approximate surface area is 83.7 Å². The molecule has 0 aromatic heterocycles. The van der Waals surface area contributed by atoms with Crippen molar-refractivity contribution < 1.29 is 4.79 Å². The number of likely N-dealkylation sites (tertiary alicyclic amines) is 1. The van der Waals surface area contributed by atoms with Gasteiger partial charge in [0.2, 0.25) is 5.91 Å². The van der Waals surface area contributed by atoms with Gasteiger partial charge in [0, 0.05) is 12.0 Å². The Morgan fingerprint density at radius 3 is 2.93 bits per heavy atom. The second-order valence-corrected chi connectivity index (χ2v) is 4.72. The fraction of sp³-hybridized carbons (Fsp3) is 0.800. The van der Waals surface area contributed by atoms with E-state index in [0.29, 0.717) is 5.92 Å². The average Bonchev–Trinajstić information content (AvgIpc) is 2.68. The first-order chi connectivity index (χ1) is 6.50. The van der Waals surface area contributed by atoms with Crippen molar-refractivity contribution in [2.24, 2.45) is 17.1 Å². The third-order valence-electron chi connectivity index (χ3n) is 3.61. The quantitative estimate of drug-likeness (QED) is 0.641. The lowest BCUT2D eigenvalue weighted by Gasteiger charge is -2.26. The van der Waals surface area contributed by atoms with Crippen LogP contribution in [0.4, 0.5) is 0 Å². The van der Waals surface area contributed by atoms with E-state index in [9.17, 15) is 4.79 Å². The van der Waals surface area contributed by atoms with Gasteiger partial charge in [0.1, 0.15) is 6.04 Å². The highest BCUT2D eigenvalue weighted by Gasteiger charge is 2.64. The molecule has 1 heterocycles. The molecule has 14 heavy (non-hydrogen) atoms. The number of amides is 1. The number of nitrogens with two attached hydrogens (primary N) is 1. The summed E-state index contributed by atoms with van der Waals surface area (Å²) in [6, 6.07) is 1.48. The summed E-state index contributed by atoms with van der Waals surface area (Å²) in [5, 5.41) is 9.04. The molecular weight excluding hydrogens is 178 g/mol. The van der Waals surface area contributed by atoms with Gasteiger partial charge in [0.15, 0.2) is 0 Å². The van der Waals surface area contributed by atoms with Gasteiger partial charge in [-0.3, -0.25) is 4.79 Å². The largest absolute Gasteiger partial charge is 0.324 e. The Bertz CT molecular complexity index is 320. The van der Waals surface area contributed by atoms with Crippen molar-refractivity contribution in [2.75, 3.05) is 6.54 Å². The molecule has 1 amide bonds. The normalized spacial score (nSPS) is 41.4. The number of carbonyl (C=O) groups is 1. The van der Waals surface area contributed by atoms with E-state index in [1.165, 1.54) is 0 Å². The van der Waals surface area contributed by atoms with Gasteiger partial charge in [-0.25, -0.2) is 0 Å². The van der Waals surface area contributed by atoms with Crippen molar-refractivity contribution in [2.45, 2.75) is 32.4 Å². The zero-order valence-electron chi connectivity index (χ0n) is 8.53. The van der Waals surface area contributed by atoms with Crippen LogP contribution in [-0.4, -0.2) is 29.4 Å². The highest BCUT2D eigenvalue weighted by Crippen LogP contribution is 2.61. The lowest BCUT2D eigenvalue weighted by molar-refractivity contribution is -0.133. The van der Waals surface area contributed by atoms with Crippen LogP contribution in [0.15, 0.2) is 0 Å². The smallest absolute Gasteiger partial charge is 0.240 e. The summed E-state index contributed by atoms with van der Waals surface area (Å²) in [4.78, 5) is 13.3. The zero-order chi connectivity index (χ0) is 10.5. The lowest BCUT2D eigenvalue weighted by atomic mass is 10.00. The van der Waals surface area contributed by atoms with Gasteiger partial charge in [-0.15, -0.1) is 0 Å². The maximum atomic E-state index is 11.7. The predicted octanol–water partition coefficient (Wildman–Crippen LogP) is 0.0942. The molecular formula is C10H15N3O. The summed E-state index contributed by atoms with van der Waals surface area (Å²) in [7, 11) is 0. The van der Waals surface area contributed by atoms with Crippen LogP contribution in [0.3, 0.4) is 0 Å². The van der Waals surface area contributed by atoms with Crippen molar-refractivity contribution in [3.05, 3.63) is 0 Å². The maximum Gasteiger partial charge on any atom is 0.240 e. The molecule has 2 rings (SSSR count). The molecule has 0 spiro atoms. The molecule has 1 aliphatic heterocycles. The Hall–Kier alpha value is -1.08. The van der Waals surface area contributed by atoms with Crippen molar-refractivity contribution in [1.29, 1.82) is 5.26 Å². The number of nitriles is 1. The third kappa shape index (κ3) is 1.05. The van der Waals surface area contributed by atoms with E-state index in [-0.39, 0.29) is 17.4 Å². The second-order valence-electron chi connectivity index (χ2n) is 4.72. The number of piperidine rings is 1. The minimum atomic E-state index is -0.494. The van der Waals surface area contributed by atoms with Crippen LogP contribution in [0, 0.1) is 22.7 Å². The first-order valence-corrected chi connectivity index (χ1v) is 4.96. The Kier molecular flexibility index (Phi) is 1.83. The van der Waals surface area contributed by atoms with Gasteiger partial charge in [-0.05, 0) is 19.3 Å². The SMILES string of the molecule is C[C@H](N)C(=O)N1CC2C[C@@]2(C)C1C#N. The molecule has 0 aromatic carbocycles. The number of fused-ring (bicyclic) bond motifs is 1. The summed E-state index contributed by atoms with van der Waals surface area (Å²) in [6.45, 7) is 4.47. The van der Waals surface area contributed by atoms with Crippen molar-refractivity contribution in [3.8, 4) is 6.07 Å². The summed E-state index contributed by atoms with van der Waals surface area (Å²) >= 11 is 0. The van der Waals surface area contributed by atoms with E-state index < -0.39 is 6.04 Å². The van der Waals surface area contributed by atoms with E-state index in [1.54, 1.807) is 11.8 Å². The fourth-order valence-corrected chi connectivity index (χ4v) is 2.47. The van der Waals surface area contributed by atoms with Crippen molar-refractivity contribution >= 4 is 5.91 Å². The van der Waals surface area contributed by atoms with E-state index in [4.69, 9.17) is 11.0 Å². The zero-order valence-corrected chi connectivity index (χ0v) is 8.53. The first kappa shape index (κ1) is 9.47. The van der Waals surface area contributed by atoms with Crippen LogP contribution in [0.1, 0.15) is 20.3 Å². The number of rotatable bonds is 1. The molecule has 0 radical (unpaired) electrons. The van der Waals surface area contributed by atoms with Crippen molar-refractivity contribution in [3.63, 3.8) is 0 Å². The van der Waals surface area contributed by atoms with E-state index in [2.05, 4.69) is 13.0 Å². The minimum absolute atomic E-state index is 0.0549. The summed E-state index contributed by atoms with van der Waals surface area (Å²) in [5.41, 5.74) is 5.59. The van der Waals surface area contributed by atoms with E-state index in [0.717, 1.165) is 13.0 Å². The third-order valence-corrected chi connectivity index (χ3v) is 3.61. The van der Waals surface area contributed by atoms with E-state index >= 15 is 0 Å². The lowest BCUT2D eigenvalue weighted by Crippen LogP contribution is -2.47. The summed E-state index contributed by atoms with van der Waals surface area (Å²) < 4.78 is 0. The van der Waals surface area contributed by atoms with Gasteiger partial charge in [0.25, 0.3) is 0 Å². The summed E-state index contributed by atoms with van der Waals surface area (Å²) in [6.07, 6.45) is 1.08. The molecule has 4 atom stereocenters. The highest BCUT2D eigenvalue weighted by atomic mass is 16.2.